The van der Waals surface area contributed by atoms with Crippen molar-refractivity contribution in [2.75, 3.05) is 66.0 Å². The summed E-state index contributed by atoms with van der Waals surface area (Å²) in [6.45, 7) is 15.8. The maximum atomic E-state index is 3.46. The van der Waals surface area contributed by atoms with Gasteiger partial charge in [-0.1, -0.05) is 0 Å². The van der Waals surface area contributed by atoms with Gasteiger partial charge in [-0.25, -0.2) is 0 Å². The molecule has 0 aromatic carbocycles. The fourth-order valence-electron chi connectivity index (χ4n) is 3.18. The van der Waals surface area contributed by atoms with Crippen molar-refractivity contribution in [3.63, 3.8) is 0 Å². The lowest BCUT2D eigenvalue weighted by Gasteiger charge is -2.38. The lowest BCUT2D eigenvalue weighted by Crippen LogP contribution is -2.50. The number of nitrogens with zero attached hydrogens (tertiary/aromatic N) is 3. The van der Waals surface area contributed by atoms with Crippen molar-refractivity contribution in [2.45, 2.75) is 32.7 Å². The third-order valence-corrected chi connectivity index (χ3v) is 5.09. The lowest BCUT2D eigenvalue weighted by atomic mass is 9.97. The van der Waals surface area contributed by atoms with Gasteiger partial charge in [-0.3, -0.25) is 4.90 Å². The summed E-state index contributed by atoms with van der Waals surface area (Å²) in [6, 6.07) is 0.663. The normalized spacial score (nSPS) is 23.9. The van der Waals surface area contributed by atoms with Gasteiger partial charge in [0.2, 0.25) is 0 Å². The average molecular weight is 282 g/mol. The Balaban J connectivity index is 1.59. The van der Waals surface area contributed by atoms with Gasteiger partial charge >= 0.3 is 0 Å². The monoisotopic (exact) mass is 282 g/mol. The summed E-state index contributed by atoms with van der Waals surface area (Å²) in [7, 11) is 2.23. The van der Waals surface area contributed by atoms with Gasteiger partial charge in [-0.05, 0) is 52.7 Å². The van der Waals surface area contributed by atoms with Gasteiger partial charge in [0.25, 0.3) is 0 Å². The van der Waals surface area contributed by atoms with Crippen LogP contribution in [-0.2, 0) is 0 Å². The molecule has 0 atom stereocenters. The Labute approximate surface area is 125 Å². The van der Waals surface area contributed by atoms with Gasteiger partial charge in [0.05, 0.1) is 0 Å². The third-order valence-electron chi connectivity index (χ3n) is 5.09. The second kappa shape index (κ2) is 8.32. The fourth-order valence-corrected chi connectivity index (χ4v) is 3.18. The molecule has 0 unspecified atom stereocenters. The van der Waals surface area contributed by atoms with E-state index in [9.17, 15) is 0 Å². The molecule has 1 N–H and O–H groups in total. The maximum absolute atomic E-state index is 3.46. The summed E-state index contributed by atoms with van der Waals surface area (Å²) in [5, 5.41) is 3.46. The minimum Gasteiger partial charge on any atom is -0.317 e. The molecule has 2 fully saturated rings. The van der Waals surface area contributed by atoms with Gasteiger partial charge in [0, 0.05) is 51.9 Å². The zero-order chi connectivity index (χ0) is 14.4. The van der Waals surface area contributed by atoms with Crippen molar-refractivity contribution in [1.82, 2.24) is 20.0 Å². The molecule has 118 valence electrons. The summed E-state index contributed by atoms with van der Waals surface area (Å²) in [6.07, 6.45) is 2.75. The molecule has 2 aliphatic rings. The Morgan fingerprint density at radius 3 is 2.25 bits per heavy atom. The Hall–Kier alpha value is -0.160. The van der Waals surface area contributed by atoms with E-state index in [1.807, 2.05) is 0 Å². The molecule has 20 heavy (non-hydrogen) atoms. The molecule has 0 aromatic rings. The van der Waals surface area contributed by atoms with E-state index in [-0.39, 0.29) is 0 Å². The van der Waals surface area contributed by atoms with E-state index in [4.69, 9.17) is 0 Å². The van der Waals surface area contributed by atoms with Crippen LogP contribution in [0.5, 0.6) is 0 Å². The second-order valence-corrected chi connectivity index (χ2v) is 6.91. The molecule has 0 amide bonds. The summed E-state index contributed by atoms with van der Waals surface area (Å²) >= 11 is 0. The van der Waals surface area contributed by atoms with E-state index >= 15 is 0 Å². The second-order valence-electron chi connectivity index (χ2n) is 6.91. The Morgan fingerprint density at radius 2 is 1.65 bits per heavy atom. The highest BCUT2D eigenvalue weighted by atomic mass is 15.3. The first-order chi connectivity index (χ1) is 9.65. The smallest absolute Gasteiger partial charge is 0.0110 e. The van der Waals surface area contributed by atoms with Crippen LogP contribution in [0.2, 0.25) is 0 Å². The molecular formula is C16H34N4. The largest absolute Gasteiger partial charge is 0.317 e. The molecule has 2 aliphatic heterocycles. The zero-order valence-electron chi connectivity index (χ0n) is 13.8. The number of piperidine rings is 1. The van der Waals surface area contributed by atoms with Gasteiger partial charge in [0.1, 0.15) is 0 Å². The third kappa shape index (κ3) is 5.32. The van der Waals surface area contributed by atoms with Gasteiger partial charge < -0.3 is 15.1 Å². The molecule has 0 radical (unpaired) electrons. The van der Waals surface area contributed by atoms with Crippen LogP contribution in [0.1, 0.15) is 26.7 Å². The highest BCUT2D eigenvalue weighted by Gasteiger charge is 2.21. The Morgan fingerprint density at radius 1 is 1.05 bits per heavy atom. The highest BCUT2D eigenvalue weighted by molar-refractivity contribution is 4.77. The van der Waals surface area contributed by atoms with Crippen molar-refractivity contribution in [3.8, 4) is 0 Å². The van der Waals surface area contributed by atoms with Gasteiger partial charge in [-0.15, -0.1) is 0 Å². The van der Waals surface area contributed by atoms with E-state index in [1.54, 1.807) is 0 Å². The Bertz CT molecular complexity index is 255. The summed E-state index contributed by atoms with van der Waals surface area (Å²) in [4.78, 5) is 7.78. The van der Waals surface area contributed by atoms with Crippen molar-refractivity contribution in [1.29, 1.82) is 0 Å². The molecule has 2 heterocycles. The molecule has 4 heteroatoms. The maximum Gasteiger partial charge on any atom is 0.0110 e. The van der Waals surface area contributed by atoms with E-state index < -0.39 is 0 Å². The summed E-state index contributed by atoms with van der Waals surface area (Å²) < 4.78 is 0. The molecule has 4 nitrogen and oxygen atoms in total. The van der Waals surface area contributed by atoms with Crippen LogP contribution in [0.4, 0.5) is 0 Å². The first-order valence-corrected chi connectivity index (χ1v) is 8.51. The van der Waals surface area contributed by atoms with Crippen LogP contribution in [0.25, 0.3) is 0 Å². The zero-order valence-corrected chi connectivity index (χ0v) is 13.8. The number of hydrogen-bond donors (Lipinski definition) is 1. The molecule has 0 spiro atoms. The molecule has 2 rings (SSSR count). The SMILES string of the molecule is CC(C)N(C)CCN1CCN(CC2CCNCC2)CC1. The number of hydrogen-bond acceptors (Lipinski definition) is 4. The van der Waals surface area contributed by atoms with E-state index in [0.717, 1.165) is 5.92 Å². The number of likely N-dealkylation sites (N-methyl/N-ethyl adjacent to an activating group) is 1. The lowest BCUT2D eigenvalue weighted by molar-refractivity contribution is 0.101. The van der Waals surface area contributed by atoms with Crippen LogP contribution in [-0.4, -0.2) is 86.7 Å². The molecule has 0 aliphatic carbocycles. The van der Waals surface area contributed by atoms with Gasteiger partial charge in [-0.2, -0.15) is 0 Å². The molecule has 0 aromatic heterocycles. The topological polar surface area (TPSA) is 21.8 Å². The van der Waals surface area contributed by atoms with Crippen LogP contribution < -0.4 is 5.32 Å². The Kier molecular flexibility index (Phi) is 6.75. The van der Waals surface area contributed by atoms with E-state index in [1.165, 1.54) is 71.7 Å². The molecule has 0 saturated carbocycles. The summed E-state index contributed by atoms with van der Waals surface area (Å²) in [5.41, 5.74) is 0. The van der Waals surface area contributed by atoms with Crippen molar-refractivity contribution in [3.05, 3.63) is 0 Å². The van der Waals surface area contributed by atoms with Gasteiger partial charge in [0.15, 0.2) is 0 Å². The predicted molar refractivity (Wildman–Crippen MR) is 86.2 cm³/mol. The number of rotatable bonds is 6. The highest BCUT2D eigenvalue weighted by Crippen LogP contribution is 2.14. The number of nitrogens with one attached hydrogen (secondary N) is 1. The summed E-state index contributed by atoms with van der Waals surface area (Å²) in [5.74, 6) is 0.940. The predicted octanol–water partition coefficient (Wildman–Crippen LogP) is 0.944. The van der Waals surface area contributed by atoms with Crippen LogP contribution >= 0.6 is 0 Å². The number of piperazine rings is 1. The minimum absolute atomic E-state index is 0.663. The molecule has 2 saturated heterocycles. The first kappa shape index (κ1) is 16.2. The molecular weight excluding hydrogens is 248 g/mol. The van der Waals surface area contributed by atoms with E-state index in [0.29, 0.717) is 6.04 Å². The first-order valence-electron chi connectivity index (χ1n) is 8.51. The van der Waals surface area contributed by atoms with Crippen molar-refractivity contribution < 1.29 is 0 Å². The van der Waals surface area contributed by atoms with Crippen molar-refractivity contribution >= 4 is 0 Å². The standard InChI is InChI=1S/C16H34N4/c1-15(2)18(3)8-9-19-10-12-20(13-11-19)14-16-4-6-17-7-5-16/h15-17H,4-14H2,1-3H3. The van der Waals surface area contributed by atoms with Crippen LogP contribution in [0, 0.1) is 5.92 Å². The minimum atomic E-state index is 0.663. The average Bonchev–Trinajstić information content (AvgIpc) is 2.47. The molecule has 0 bridgehead atoms. The quantitative estimate of drug-likeness (QED) is 0.783. The van der Waals surface area contributed by atoms with Crippen molar-refractivity contribution in [2.24, 2.45) is 5.92 Å². The van der Waals surface area contributed by atoms with Crippen LogP contribution in [0.3, 0.4) is 0 Å². The fraction of sp³-hybridized carbons (Fsp3) is 1.00. The van der Waals surface area contributed by atoms with E-state index in [2.05, 4.69) is 40.9 Å². The van der Waals surface area contributed by atoms with Crippen LogP contribution in [0.15, 0.2) is 0 Å².